The van der Waals surface area contributed by atoms with Crippen LogP contribution in [0, 0.1) is 12.7 Å². The Morgan fingerprint density at radius 1 is 1.12 bits per heavy atom. The van der Waals surface area contributed by atoms with Crippen molar-refractivity contribution in [2.75, 3.05) is 29.6 Å². The van der Waals surface area contributed by atoms with Crippen molar-refractivity contribution in [3.8, 4) is 5.75 Å². The molecule has 12 heteroatoms. The molecule has 0 aliphatic carbocycles. The van der Waals surface area contributed by atoms with Crippen LogP contribution in [-0.4, -0.2) is 44.9 Å². The maximum absolute atomic E-state index is 13.2. The number of phenolic OH excluding ortho intramolecular Hbond substituents is 1. The third kappa shape index (κ3) is 7.09. The minimum Gasteiger partial charge on any atom is -0.508 e. The number of carbonyl (C=O) groups excluding carboxylic acids is 1. The van der Waals surface area contributed by atoms with Gasteiger partial charge in [-0.1, -0.05) is 29.6 Å². The Labute approximate surface area is 246 Å². The lowest BCUT2D eigenvalue weighted by Crippen LogP contribution is -2.30. The fraction of sp³-hybridized carbons (Fsp3) is 0.310. The highest BCUT2D eigenvalue weighted by Gasteiger charge is 2.22. The lowest BCUT2D eigenvalue weighted by molar-refractivity contribution is 0.0980. The van der Waals surface area contributed by atoms with Gasteiger partial charge in [0, 0.05) is 32.0 Å². The van der Waals surface area contributed by atoms with E-state index in [1.165, 1.54) is 36.2 Å². The van der Waals surface area contributed by atoms with Crippen LogP contribution < -0.4 is 20.5 Å². The molecule has 1 atom stereocenters. The van der Waals surface area contributed by atoms with Gasteiger partial charge in [0.2, 0.25) is 5.95 Å². The summed E-state index contributed by atoms with van der Waals surface area (Å²) in [5.74, 6) is 0.113. The molecule has 2 aromatic heterocycles. The van der Waals surface area contributed by atoms with Gasteiger partial charge in [0.05, 0.1) is 22.6 Å². The molecule has 5 rings (SSSR count). The number of pyridine rings is 1. The summed E-state index contributed by atoms with van der Waals surface area (Å²) in [4.78, 5) is 37.1. The number of aromatic nitrogens is 3. The van der Waals surface area contributed by atoms with Crippen LogP contribution >= 0.6 is 23.5 Å². The van der Waals surface area contributed by atoms with E-state index in [4.69, 9.17) is 21.7 Å². The van der Waals surface area contributed by atoms with Gasteiger partial charge in [-0.3, -0.25) is 18.9 Å². The number of fused-ring (bicyclic) bond motifs is 1. The number of hydrogen-bond acceptors (Lipinski definition) is 8. The number of rotatable bonds is 6. The van der Waals surface area contributed by atoms with Gasteiger partial charge in [-0.15, -0.1) is 0 Å². The van der Waals surface area contributed by atoms with E-state index in [1.807, 2.05) is 26.0 Å². The maximum Gasteiger partial charge on any atom is 0.281 e. The predicted octanol–water partition coefficient (Wildman–Crippen LogP) is 5.60. The summed E-state index contributed by atoms with van der Waals surface area (Å²) < 4.78 is 16.3. The van der Waals surface area contributed by atoms with E-state index in [2.05, 4.69) is 19.9 Å². The number of phenols is 1. The first kappa shape index (κ1) is 30.1. The van der Waals surface area contributed by atoms with E-state index in [1.54, 1.807) is 30.0 Å². The number of halogens is 2. The molecule has 3 N–H and O–H groups in total. The third-order valence-electron chi connectivity index (χ3n) is 6.66. The molecule has 1 saturated heterocycles. The van der Waals surface area contributed by atoms with Gasteiger partial charge in [-0.2, -0.15) is 0 Å². The summed E-state index contributed by atoms with van der Waals surface area (Å²) in [7, 11) is 1.78. The number of amides is 1. The number of nitrogens with one attached hydrogen (secondary N) is 2. The molecule has 0 spiro atoms. The Morgan fingerprint density at radius 3 is 2.44 bits per heavy atom. The van der Waals surface area contributed by atoms with Crippen molar-refractivity contribution in [2.45, 2.75) is 32.7 Å². The van der Waals surface area contributed by atoms with E-state index in [0.29, 0.717) is 22.5 Å². The zero-order chi connectivity index (χ0) is 29.7. The van der Waals surface area contributed by atoms with Crippen LogP contribution in [0.5, 0.6) is 5.75 Å². The van der Waals surface area contributed by atoms with E-state index < -0.39 is 0 Å². The van der Waals surface area contributed by atoms with Gasteiger partial charge in [0.25, 0.3) is 11.5 Å². The van der Waals surface area contributed by atoms with Gasteiger partial charge < -0.3 is 15.3 Å². The van der Waals surface area contributed by atoms with Crippen LogP contribution in [0.3, 0.4) is 0 Å². The fourth-order valence-corrected chi connectivity index (χ4v) is 5.12. The van der Waals surface area contributed by atoms with Crippen molar-refractivity contribution in [3.05, 3.63) is 86.7 Å². The van der Waals surface area contributed by atoms with Crippen molar-refractivity contribution in [3.63, 3.8) is 0 Å². The van der Waals surface area contributed by atoms with Crippen LogP contribution in [0.15, 0.2) is 53.3 Å². The molecule has 9 nitrogen and oxygen atoms in total. The number of nitrogens with zero attached hydrogens (tertiary/aromatic N) is 4. The first-order valence-electron chi connectivity index (χ1n) is 13.1. The molecule has 2 aromatic carbocycles. The van der Waals surface area contributed by atoms with Crippen molar-refractivity contribution in [1.82, 2.24) is 19.3 Å². The number of anilines is 2. The standard InChI is InChI=1S/C23H27ClN6O2S.C6H5FO/c1-13-11-15(14(2)25-17-7-8-18(24)26-20(17)21(31)28-33-4)19-16(12-13)22(32)29(3)23(27-19)30-9-5-6-10-30;7-5-1-3-6(8)4-2-5/h7-8,11-12,14,25H,5-6,9-10H2,1-4H3,(H,28,31);1-4,8H. The van der Waals surface area contributed by atoms with Gasteiger partial charge >= 0.3 is 0 Å². The summed E-state index contributed by atoms with van der Waals surface area (Å²) in [6.07, 6.45) is 3.95. The minimum absolute atomic E-state index is 0.0627. The average Bonchev–Trinajstić information content (AvgIpc) is 3.48. The molecule has 41 heavy (non-hydrogen) atoms. The van der Waals surface area contributed by atoms with E-state index in [0.717, 1.165) is 37.1 Å². The highest BCUT2D eigenvalue weighted by atomic mass is 35.5. The number of hydrogen-bond donors (Lipinski definition) is 3. The second kappa shape index (κ2) is 13.2. The molecule has 1 aliphatic rings. The van der Waals surface area contributed by atoms with E-state index in [9.17, 15) is 14.0 Å². The second-order valence-electron chi connectivity index (χ2n) is 9.73. The monoisotopic (exact) mass is 598 g/mol. The topological polar surface area (TPSA) is 112 Å². The summed E-state index contributed by atoms with van der Waals surface area (Å²) >= 11 is 7.24. The molecule has 0 saturated carbocycles. The molecule has 4 aromatic rings. The van der Waals surface area contributed by atoms with Gasteiger partial charge in [-0.05, 0) is 74.7 Å². The number of aromatic hydroxyl groups is 1. The molecule has 1 unspecified atom stereocenters. The molecule has 1 aliphatic heterocycles. The molecule has 3 heterocycles. The predicted molar refractivity (Wildman–Crippen MR) is 163 cm³/mol. The Bertz CT molecular complexity index is 1590. The van der Waals surface area contributed by atoms with Crippen molar-refractivity contribution < 1.29 is 14.3 Å². The van der Waals surface area contributed by atoms with Crippen LogP contribution in [0.25, 0.3) is 10.9 Å². The van der Waals surface area contributed by atoms with E-state index in [-0.39, 0.29) is 39.9 Å². The maximum atomic E-state index is 13.2. The molecule has 0 bridgehead atoms. The molecular formula is C29H32ClFN6O3S. The minimum atomic E-state index is -0.336. The fourth-order valence-electron chi connectivity index (χ4n) is 4.69. The van der Waals surface area contributed by atoms with Crippen LogP contribution in [0.1, 0.15) is 47.4 Å². The highest BCUT2D eigenvalue weighted by Crippen LogP contribution is 2.29. The van der Waals surface area contributed by atoms with Crippen LogP contribution in [-0.2, 0) is 7.05 Å². The number of benzene rings is 2. The first-order valence-corrected chi connectivity index (χ1v) is 14.7. The van der Waals surface area contributed by atoms with Gasteiger partial charge in [-0.25, -0.2) is 14.4 Å². The Balaban J connectivity index is 0.000000417. The zero-order valence-electron chi connectivity index (χ0n) is 23.2. The molecular weight excluding hydrogens is 567 g/mol. The zero-order valence-corrected chi connectivity index (χ0v) is 24.8. The van der Waals surface area contributed by atoms with Crippen molar-refractivity contribution >= 4 is 52.0 Å². The summed E-state index contributed by atoms with van der Waals surface area (Å²) in [6, 6.07) is 12.1. The van der Waals surface area contributed by atoms with Gasteiger partial charge in [0.1, 0.15) is 16.7 Å². The largest absolute Gasteiger partial charge is 0.508 e. The lowest BCUT2D eigenvalue weighted by Gasteiger charge is -2.23. The first-order chi connectivity index (χ1) is 19.6. The smallest absolute Gasteiger partial charge is 0.281 e. The Kier molecular flexibility index (Phi) is 9.72. The molecule has 216 valence electrons. The second-order valence-corrected chi connectivity index (χ2v) is 10.7. The lowest BCUT2D eigenvalue weighted by atomic mass is 10.0. The summed E-state index contributed by atoms with van der Waals surface area (Å²) in [6.45, 7) is 5.73. The van der Waals surface area contributed by atoms with Gasteiger partial charge in [0.15, 0.2) is 5.69 Å². The summed E-state index contributed by atoms with van der Waals surface area (Å²) in [5, 5.41) is 12.8. The number of aryl methyl sites for hydroxylation is 1. The Hall–Kier alpha value is -3.83. The molecule has 1 amide bonds. The average molecular weight is 599 g/mol. The number of carbonyl (C=O) groups is 1. The SMILES string of the molecule is CSNC(=O)c1nc(Cl)ccc1NC(C)c1cc(C)cc2c(=O)n(C)c(N3CCCC3)nc12.Oc1ccc(F)cc1. The summed E-state index contributed by atoms with van der Waals surface area (Å²) in [5.41, 5.74) is 3.22. The van der Waals surface area contributed by atoms with Crippen molar-refractivity contribution in [1.29, 1.82) is 0 Å². The van der Waals surface area contributed by atoms with E-state index >= 15 is 0 Å². The molecule has 1 fully saturated rings. The highest BCUT2D eigenvalue weighted by molar-refractivity contribution is 7.97. The van der Waals surface area contributed by atoms with Crippen molar-refractivity contribution in [2.24, 2.45) is 7.05 Å². The van der Waals surface area contributed by atoms with Crippen LogP contribution in [0.2, 0.25) is 5.15 Å². The normalized spacial score (nSPS) is 13.5. The quantitative estimate of drug-likeness (QED) is 0.194. The van der Waals surface area contributed by atoms with Crippen LogP contribution in [0.4, 0.5) is 16.0 Å². The third-order valence-corrected chi connectivity index (χ3v) is 7.26. The Morgan fingerprint density at radius 2 is 1.80 bits per heavy atom. The molecule has 0 radical (unpaired) electrons.